The van der Waals surface area contributed by atoms with Crippen LogP contribution in [0.1, 0.15) is 38.2 Å². The first-order chi connectivity index (χ1) is 9.19. The molecule has 1 saturated carbocycles. The fourth-order valence-electron chi connectivity index (χ4n) is 2.34. The van der Waals surface area contributed by atoms with Crippen LogP contribution in [-0.4, -0.2) is 17.8 Å². The largest absolute Gasteiger partial charge is 0.487 e. The molecule has 3 heteroatoms. The SMILES string of the molecule is CC1CCC(Oc2cc(C#CCO)ccc2F)CC1. The molecule has 1 fully saturated rings. The van der Waals surface area contributed by atoms with E-state index in [1.165, 1.54) is 6.07 Å². The summed E-state index contributed by atoms with van der Waals surface area (Å²) >= 11 is 0. The molecule has 2 nitrogen and oxygen atoms in total. The van der Waals surface area contributed by atoms with Gasteiger partial charge in [-0.15, -0.1) is 0 Å². The van der Waals surface area contributed by atoms with Gasteiger partial charge in [0, 0.05) is 5.56 Å². The number of rotatable bonds is 2. The van der Waals surface area contributed by atoms with E-state index in [4.69, 9.17) is 9.84 Å². The van der Waals surface area contributed by atoms with Crippen LogP contribution in [0.4, 0.5) is 4.39 Å². The van der Waals surface area contributed by atoms with E-state index in [0.29, 0.717) is 5.56 Å². The van der Waals surface area contributed by atoms with Crippen molar-refractivity contribution >= 4 is 0 Å². The Bertz CT molecular complexity index is 479. The quantitative estimate of drug-likeness (QED) is 0.830. The van der Waals surface area contributed by atoms with Crippen molar-refractivity contribution in [3.8, 4) is 17.6 Å². The van der Waals surface area contributed by atoms with Crippen LogP contribution in [0.25, 0.3) is 0 Å². The molecule has 2 rings (SSSR count). The molecule has 1 aromatic rings. The Morgan fingerprint density at radius 1 is 1.32 bits per heavy atom. The van der Waals surface area contributed by atoms with Crippen LogP contribution in [0, 0.1) is 23.6 Å². The van der Waals surface area contributed by atoms with E-state index in [9.17, 15) is 4.39 Å². The fourth-order valence-corrected chi connectivity index (χ4v) is 2.34. The third-order valence-corrected chi connectivity index (χ3v) is 3.50. The predicted octanol–water partition coefficient (Wildman–Crippen LogP) is 3.13. The van der Waals surface area contributed by atoms with Gasteiger partial charge >= 0.3 is 0 Å². The minimum Gasteiger partial charge on any atom is -0.487 e. The monoisotopic (exact) mass is 262 g/mol. The van der Waals surface area contributed by atoms with Gasteiger partial charge in [-0.05, 0) is 49.8 Å². The summed E-state index contributed by atoms with van der Waals surface area (Å²) in [5.41, 5.74) is 0.662. The van der Waals surface area contributed by atoms with Crippen molar-refractivity contribution in [3.63, 3.8) is 0 Å². The molecule has 0 atom stereocenters. The average molecular weight is 262 g/mol. The van der Waals surface area contributed by atoms with Crippen LogP contribution in [0.5, 0.6) is 5.75 Å². The molecule has 102 valence electrons. The van der Waals surface area contributed by atoms with E-state index in [-0.39, 0.29) is 24.3 Å². The molecule has 0 aliphatic heterocycles. The van der Waals surface area contributed by atoms with Crippen LogP contribution in [0.2, 0.25) is 0 Å². The van der Waals surface area contributed by atoms with Gasteiger partial charge in [-0.1, -0.05) is 18.8 Å². The summed E-state index contributed by atoms with van der Waals surface area (Å²) in [5, 5.41) is 8.66. The van der Waals surface area contributed by atoms with Gasteiger partial charge in [-0.25, -0.2) is 4.39 Å². The molecule has 1 aliphatic rings. The van der Waals surface area contributed by atoms with Crippen LogP contribution in [-0.2, 0) is 0 Å². The van der Waals surface area contributed by atoms with Crippen molar-refractivity contribution in [2.45, 2.75) is 38.7 Å². The normalized spacial score (nSPS) is 22.5. The number of hydrogen-bond donors (Lipinski definition) is 1. The van der Waals surface area contributed by atoms with Crippen molar-refractivity contribution in [2.24, 2.45) is 5.92 Å². The highest BCUT2D eigenvalue weighted by atomic mass is 19.1. The Hall–Kier alpha value is -1.53. The Kier molecular flexibility index (Phi) is 4.81. The van der Waals surface area contributed by atoms with E-state index in [1.54, 1.807) is 12.1 Å². The van der Waals surface area contributed by atoms with Crippen LogP contribution < -0.4 is 4.74 Å². The molecule has 1 N–H and O–H groups in total. The summed E-state index contributed by atoms with van der Waals surface area (Å²) < 4.78 is 19.5. The van der Waals surface area contributed by atoms with E-state index in [1.807, 2.05) is 0 Å². The maximum absolute atomic E-state index is 13.7. The van der Waals surface area contributed by atoms with Crippen LogP contribution in [0.15, 0.2) is 18.2 Å². The summed E-state index contributed by atoms with van der Waals surface area (Å²) in [5.74, 6) is 5.96. The van der Waals surface area contributed by atoms with Crippen molar-refractivity contribution in [2.75, 3.05) is 6.61 Å². The molecule has 0 amide bonds. The average Bonchev–Trinajstić information content (AvgIpc) is 2.42. The number of aliphatic hydroxyl groups excluding tert-OH is 1. The van der Waals surface area contributed by atoms with Gasteiger partial charge in [0.2, 0.25) is 0 Å². The Balaban J connectivity index is 2.06. The number of benzene rings is 1. The molecule has 1 aromatic carbocycles. The number of hydrogen-bond acceptors (Lipinski definition) is 2. The molecule has 0 spiro atoms. The second kappa shape index (κ2) is 6.58. The third-order valence-electron chi connectivity index (χ3n) is 3.50. The summed E-state index contributed by atoms with van der Waals surface area (Å²) in [6.07, 6.45) is 4.33. The molecular weight excluding hydrogens is 243 g/mol. The van der Waals surface area contributed by atoms with E-state index >= 15 is 0 Å². The highest BCUT2D eigenvalue weighted by Crippen LogP contribution is 2.28. The number of halogens is 1. The van der Waals surface area contributed by atoms with E-state index in [0.717, 1.165) is 31.6 Å². The molecule has 0 unspecified atom stereocenters. The lowest BCUT2D eigenvalue weighted by Crippen LogP contribution is -2.23. The topological polar surface area (TPSA) is 29.5 Å². The third kappa shape index (κ3) is 3.97. The lowest BCUT2D eigenvalue weighted by atomic mass is 9.89. The van der Waals surface area contributed by atoms with Gasteiger partial charge < -0.3 is 9.84 Å². The summed E-state index contributed by atoms with van der Waals surface area (Å²) in [7, 11) is 0. The molecule has 0 bridgehead atoms. The molecular formula is C16H19FO2. The standard InChI is InChI=1S/C16H19FO2/c1-12-4-7-14(8-5-12)19-16-11-13(3-2-10-18)6-9-15(16)17/h6,9,11-12,14,18H,4-5,7-8,10H2,1H3. The van der Waals surface area contributed by atoms with Crippen molar-refractivity contribution < 1.29 is 14.2 Å². The van der Waals surface area contributed by atoms with Crippen LogP contribution in [0.3, 0.4) is 0 Å². The minimum absolute atomic E-state index is 0.103. The zero-order valence-electron chi connectivity index (χ0n) is 11.2. The molecule has 1 aliphatic carbocycles. The number of ether oxygens (including phenoxy) is 1. The lowest BCUT2D eigenvalue weighted by Gasteiger charge is -2.27. The summed E-state index contributed by atoms with van der Waals surface area (Å²) in [4.78, 5) is 0. The van der Waals surface area contributed by atoms with Crippen molar-refractivity contribution in [1.29, 1.82) is 0 Å². The van der Waals surface area contributed by atoms with Gasteiger partial charge in [0.1, 0.15) is 6.61 Å². The molecule has 19 heavy (non-hydrogen) atoms. The van der Waals surface area contributed by atoms with E-state index < -0.39 is 0 Å². The summed E-state index contributed by atoms with van der Waals surface area (Å²) in [6.45, 7) is 2.04. The highest BCUT2D eigenvalue weighted by Gasteiger charge is 2.20. The van der Waals surface area contributed by atoms with Gasteiger partial charge in [0.25, 0.3) is 0 Å². The maximum Gasteiger partial charge on any atom is 0.165 e. The van der Waals surface area contributed by atoms with E-state index in [2.05, 4.69) is 18.8 Å². The summed E-state index contributed by atoms with van der Waals surface area (Å²) in [6, 6.07) is 4.56. The fraction of sp³-hybridized carbons (Fsp3) is 0.500. The second-order valence-corrected chi connectivity index (χ2v) is 5.10. The van der Waals surface area contributed by atoms with Crippen molar-refractivity contribution in [3.05, 3.63) is 29.6 Å². The number of aliphatic hydroxyl groups is 1. The first kappa shape index (κ1) is 13.9. The zero-order valence-corrected chi connectivity index (χ0v) is 11.2. The maximum atomic E-state index is 13.7. The second-order valence-electron chi connectivity index (χ2n) is 5.10. The first-order valence-electron chi connectivity index (χ1n) is 6.75. The Morgan fingerprint density at radius 3 is 2.74 bits per heavy atom. The van der Waals surface area contributed by atoms with Gasteiger partial charge in [0.15, 0.2) is 11.6 Å². The highest BCUT2D eigenvalue weighted by molar-refractivity contribution is 5.40. The zero-order chi connectivity index (χ0) is 13.7. The lowest BCUT2D eigenvalue weighted by molar-refractivity contribution is 0.130. The van der Waals surface area contributed by atoms with Gasteiger partial charge in [-0.3, -0.25) is 0 Å². The van der Waals surface area contributed by atoms with Crippen molar-refractivity contribution in [1.82, 2.24) is 0 Å². The Morgan fingerprint density at radius 2 is 2.05 bits per heavy atom. The predicted molar refractivity (Wildman–Crippen MR) is 72.4 cm³/mol. The molecule has 0 radical (unpaired) electrons. The smallest absolute Gasteiger partial charge is 0.165 e. The van der Waals surface area contributed by atoms with Gasteiger partial charge in [-0.2, -0.15) is 0 Å². The minimum atomic E-state index is -0.354. The molecule has 0 aromatic heterocycles. The van der Waals surface area contributed by atoms with Crippen LogP contribution >= 0.6 is 0 Å². The van der Waals surface area contributed by atoms with Gasteiger partial charge in [0.05, 0.1) is 6.10 Å². The molecule has 0 heterocycles. The Labute approximate surface area is 113 Å². The first-order valence-corrected chi connectivity index (χ1v) is 6.75. The molecule has 0 saturated heterocycles.